The summed E-state index contributed by atoms with van der Waals surface area (Å²) in [5.74, 6) is 0. The molecule has 0 aromatic heterocycles. The Morgan fingerprint density at radius 3 is 1.71 bits per heavy atom. The molecule has 0 fully saturated rings. The third kappa shape index (κ3) is 11.2. The van der Waals surface area contributed by atoms with Gasteiger partial charge in [-0.2, -0.15) is 8.42 Å². The third-order valence-electron chi connectivity index (χ3n) is 0.0796. The fourth-order valence-electron chi connectivity index (χ4n) is 0. The summed E-state index contributed by atoms with van der Waals surface area (Å²) in [7, 11) is -4.83. The van der Waals surface area contributed by atoms with Gasteiger partial charge in [0, 0.05) is 51.4 Å². The van der Waals surface area contributed by atoms with Gasteiger partial charge in [0.1, 0.15) is 0 Å². The van der Waals surface area contributed by atoms with Gasteiger partial charge >= 0.3 is 10.4 Å². The van der Waals surface area contributed by atoms with Crippen LogP contribution in [0.15, 0.2) is 0 Å². The Hall–Kier alpha value is 1.44. The van der Waals surface area contributed by atoms with Crippen LogP contribution in [0.1, 0.15) is 0 Å². The van der Waals surface area contributed by atoms with Crippen LogP contribution in [0.3, 0.4) is 0 Å². The van der Waals surface area contributed by atoms with Gasteiger partial charge < -0.3 is 0 Å². The summed E-state index contributed by atoms with van der Waals surface area (Å²) in [6, 6.07) is 0. The molecule has 0 aromatic carbocycles. The molecule has 0 saturated carbocycles. The maximum Gasteiger partial charge on any atom is 0.428 e. The summed E-state index contributed by atoms with van der Waals surface area (Å²) in [4.78, 5) is 0. The van der Waals surface area contributed by atoms with Gasteiger partial charge in [0.15, 0.2) is 0 Å². The van der Waals surface area contributed by atoms with Crippen LogP contribution in [0.5, 0.6) is 0 Å². The molecule has 0 saturated heterocycles. The van der Waals surface area contributed by atoms with Gasteiger partial charge in [-0.25, -0.2) is 0 Å². The maximum atomic E-state index is 10.2. The summed E-state index contributed by atoms with van der Waals surface area (Å²) >= 11 is 0. The van der Waals surface area contributed by atoms with E-state index in [1.807, 2.05) is 4.39 Å². The molecule has 1 N–H and O–H groups in total. The van der Waals surface area contributed by atoms with E-state index in [1.165, 1.54) is 0 Å². The van der Waals surface area contributed by atoms with Crippen molar-refractivity contribution in [2.75, 3.05) is 0 Å². The molecule has 0 aliphatic rings. The molecule has 7 heteroatoms. The molecule has 0 heterocycles. The van der Waals surface area contributed by atoms with Gasteiger partial charge in [0.05, 0.1) is 0 Å². The first kappa shape index (κ1) is 11.3. The second-order valence-electron chi connectivity index (χ2n) is 0.491. The van der Waals surface area contributed by atoms with Crippen LogP contribution >= 0.6 is 0 Å². The van der Waals surface area contributed by atoms with E-state index >= 15 is 0 Å². The second kappa shape index (κ2) is 4.33. The fourth-order valence-corrected chi connectivity index (χ4v) is 0. The van der Waals surface area contributed by atoms with Gasteiger partial charge in [0.2, 0.25) is 0 Å². The summed E-state index contributed by atoms with van der Waals surface area (Å²) in [5, 5.41) is 0. The van der Waals surface area contributed by atoms with Crippen LogP contribution < -0.4 is 0 Å². The van der Waals surface area contributed by atoms with Crippen LogP contribution in [0.25, 0.3) is 0 Å². The maximum absolute atomic E-state index is 10.2. The SMILES string of the molecule is O=S(=O)(O)OF.[K]. The van der Waals surface area contributed by atoms with E-state index in [0.29, 0.717) is 0 Å². The summed E-state index contributed by atoms with van der Waals surface area (Å²) in [6.07, 6.45) is 0. The first-order chi connectivity index (χ1) is 2.56. The van der Waals surface area contributed by atoms with Crippen LogP contribution in [-0.4, -0.2) is 64.4 Å². The molecule has 0 aliphatic heterocycles. The Morgan fingerprint density at radius 1 is 1.57 bits per heavy atom. The quantitative estimate of drug-likeness (QED) is 0.402. The number of hydrogen-bond acceptors (Lipinski definition) is 3. The molecule has 39 valence electrons. The van der Waals surface area contributed by atoms with Crippen molar-refractivity contribution in [1.82, 2.24) is 0 Å². The summed E-state index contributed by atoms with van der Waals surface area (Å²) in [5.41, 5.74) is 0. The molecule has 7 heavy (non-hydrogen) atoms. The smallest absolute Gasteiger partial charge is 0.262 e. The predicted molar refractivity (Wildman–Crippen MR) is 19.5 cm³/mol. The molecule has 0 unspecified atom stereocenters. The van der Waals surface area contributed by atoms with Crippen molar-refractivity contribution in [3.05, 3.63) is 0 Å². The number of rotatable bonds is 1. The minimum Gasteiger partial charge on any atom is -0.262 e. The van der Waals surface area contributed by atoms with Gasteiger partial charge in [-0.3, -0.25) is 4.55 Å². The van der Waals surface area contributed by atoms with Crippen molar-refractivity contribution in [2.24, 2.45) is 0 Å². The fraction of sp³-hybridized carbons (Fsp3) is 0. The van der Waals surface area contributed by atoms with Crippen LogP contribution in [0.4, 0.5) is 4.53 Å². The van der Waals surface area contributed by atoms with Gasteiger partial charge in [0.25, 0.3) is 0 Å². The van der Waals surface area contributed by atoms with E-state index in [1.54, 1.807) is 0 Å². The van der Waals surface area contributed by atoms with Crippen LogP contribution in [0, 0.1) is 0 Å². The molecule has 1 radical (unpaired) electrons. The normalized spacial score (nSPS) is 10.0. The molecule has 0 rings (SSSR count). The van der Waals surface area contributed by atoms with Crippen LogP contribution in [0.2, 0.25) is 0 Å². The van der Waals surface area contributed by atoms with Crippen molar-refractivity contribution in [3.8, 4) is 0 Å². The van der Waals surface area contributed by atoms with Crippen molar-refractivity contribution >= 4 is 61.8 Å². The average molecular weight is 155 g/mol. The van der Waals surface area contributed by atoms with Crippen LogP contribution in [-0.2, 0) is 14.8 Å². The molecular formula is HFKO4S. The minimum absolute atomic E-state index is 0. The molecule has 0 aliphatic carbocycles. The Balaban J connectivity index is 0. The number of hydrogen-bond donors (Lipinski definition) is 1. The standard InChI is InChI=1S/FHO4S.K/c1-5-6(2,3)4;/h(H,2,3,4);. The van der Waals surface area contributed by atoms with E-state index in [-0.39, 0.29) is 51.4 Å². The zero-order valence-corrected chi connectivity index (χ0v) is 7.40. The molecule has 0 aromatic rings. The molecular weight excluding hydrogens is 154 g/mol. The Kier molecular flexibility index (Phi) is 6.96. The second-order valence-corrected chi connectivity index (χ2v) is 1.47. The third-order valence-corrected chi connectivity index (χ3v) is 0.239. The first-order valence-corrected chi connectivity index (χ1v) is 2.20. The van der Waals surface area contributed by atoms with Gasteiger partial charge in [-0.05, 0) is 8.91 Å². The largest absolute Gasteiger partial charge is 0.428 e. The summed E-state index contributed by atoms with van der Waals surface area (Å²) < 4.78 is 37.2. The monoisotopic (exact) mass is 155 g/mol. The first-order valence-electron chi connectivity index (χ1n) is 0.837. The molecule has 4 nitrogen and oxygen atoms in total. The zero-order chi connectivity index (χ0) is 5.21. The van der Waals surface area contributed by atoms with Crippen molar-refractivity contribution in [3.63, 3.8) is 0 Å². The van der Waals surface area contributed by atoms with Gasteiger partial charge in [-0.1, -0.05) is 0 Å². The van der Waals surface area contributed by atoms with E-state index in [4.69, 9.17) is 13.0 Å². The van der Waals surface area contributed by atoms with E-state index in [0.717, 1.165) is 0 Å². The Morgan fingerprint density at radius 2 is 1.71 bits per heavy atom. The molecule has 0 amide bonds. The van der Waals surface area contributed by atoms with E-state index in [9.17, 15) is 4.53 Å². The average Bonchev–Trinajstić information content (AvgIpc) is 1.35. The van der Waals surface area contributed by atoms with E-state index < -0.39 is 10.4 Å². The van der Waals surface area contributed by atoms with E-state index in [2.05, 4.69) is 0 Å². The topological polar surface area (TPSA) is 63.6 Å². The van der Waals surface area contributed by atoms with Crippen molar-refractivity contribution in [1.29, 1.82) is 0 Å². The summed E-state index contributed by atoms with van der Waals surface area (Å²) in [6.45, 7) is 0. The zero-order valence-electron chi connectivity index (χ0n) is 3.46. The minimum atomic E-state index is -4.83. The predicted octanol–water partition coefficient (Wildman–Crippen LogP) is -0.690. The van der Waals surface area contributed by atoms with Crippen molar-refractivity contribution in [2.45, 2.75) is 0 Å². The molecule has 0 atom stereocenters. The Bertz CT molecular complexity index is 114. The molecule has 0 bridgehead atoms. The number of halogens is 1. The van der Waals surface area contributed by atoms with Gasteiger partial charge in [-0.15, -0.1) is 0 Å². The van der Waals surface area contributed by atoms with Crippen molar-refractivity contribution < 1.29 is 21.9 Å². The molecule has 0 spiro atoms. The Labute approximate surface area is 82.3 Å².